The number of aromatic nitrogens is 3. The molecule has 0 bridgehead atoms. The first-order valence-electron chi connectivity index (χ1n) is 9.70. The van der Waals surface area contributed by atoms with Crippen LogP contribution in [-0.2, 0) is 17.9 Å². The second-order valence-electron chi connectivity index (χ2n) is 7.83. The van der Waals surface area contributed by atoms with Gasteiger partial charge in [-0.05, 0) is 49.9 Å². The Hall–Kier alpha value is -1.92. The molecule has 1 amide bonds. The van der Waals surface area contributed by atoms with E-state index in [0.29, 0.717) is 18.0 Å². The van der Waals surface area contributed by atoms with Crippen molar-refractivity contribution in [3.8, 4) is 0 Å². The number of carbonyl (C=O) groups is 1. The van der Waals surface area contributed by atoms with E-state index in [1.807, 2.05) is 34.0 Å². The fourth-order valence-corrected chi connectivity index (χ4v) is 4.45. The van der Waals surface area contributed by atoms with Gasteiger partial charge in [0.05, 0.1) is 30.0 Å². The highest BCUT2D eigenvalue weighted by Crippen LogP contribution is 2.40. The smallest absolute Gasteiger partial charge is 0.222 e. The summed E-state index contributed by atoms with van der Waals surface area (Å²) in [6, 6.07) is 5.90. The first-order valence-corrected chi connectivity index (χ1v) is 10.1. The molecule has 2 aliphatic rings. The summed E-state index contributed by atoms with van der Waals surface area (Å²) in [5, 5.41) is 4.94. The minimum atomic E-state index is 0.268. The van der Waals surface area contributed by atoms with Crippen molar-refractivity contribution in [3.63, 3.8) is 0 Å². The maximum absolute atomic E-state index is 12.4. The SMILES string of the molecule is O=C1CCC2(CCN(CCn3cc(Cl)cn3)CC2)CN1Cc1ccccn1. The third kappa shape index (κ3) is 4.50. The molecule has 4 heterocycles. The van der Waals surface area contributed by atoms with Gasteiger partial charge in [0.15, 0.2) is 0 Å². The van der Waals surface area contributed by atoms with Crippen LogP contribution in [-0.4, -0.2) is 56.7 Å². The minimum Gasteiger partial charge on any atom is -0.336 e. The van der Waals surface area contributed by atoms with Gasteiger partial charge < -0.3 is 9.80 Å². The number of likely N-dealkylation sites (tertiary alicyclic amines) is 2. The van der Waals surface area contributed by atoms with E-state index in [0.717, 1.165) is 57.7 Å². The Morgan fingerprint density at radius 2 is 2.00 bits per heavy atom. The third-order valence-electron chi connectivity index (χ3n) is 5.99. The lowest BCUT2D eigenvalue weighted by Gasteiger charge is -2.47. The van der Waals surface area contributed by atoms with Crippen LogP contribution in [0.4, 0.5) is 0 Å². The molecule has 2 saturated heterocycles. The van der Waals surface area contributed by atoms with E-state index in [2.05, 4.69) is 15.0 Å². The molecule has 4 rings (SSSR count). The molecule has 0 unspecified atom stereocenters. The van der Waals surface area contributed by atoms with Gasteiger partial charge in [-0.15, -0.1) is 0 Å². The van der Waals surface area contributed by atoms with Gasteiger partial charge in [0.25, 0.3) is 0 Å². The number of piperidine rings is 2. The van der Waals surface area contributed by atoms with E-state index in [1.165, 1.54) is 0 Å². The number of carbonyl (C=O) groups excluding carboxylic acids is 1. The number of pyridine rings is 1. The number of halogens is 1. The highest BCUT2D eigenvalue weighted by atomic mass is 35.5. The second kappa shape index (κ2) is 7.98. The largest absolute Gasteiger partial charge is 0.336 e. The first-order chi connectivity index (χ1) is 13.1. The van der Waals surface area contributed by atoms with Gasteiger partial charge in [0.1, 0.15) is 0 Å². The van der Waals surface area contributed by atoms with Crippen molar-refractivity contribution < 1.29 is 4.79 Å². The number of rotatable bonds is 5. The van der Waals surface area contributed by atoms with Crippen LogP contribution >= 0.6 is 11.6 Å². The molecule has 144 valence electrons. The van der Waals surface area contributed by atoms with Gasteiger partial charge in [-0.2, -0.15) is 5.10 Å². The highest BCUT2D eigenvalue weighted by Gasteiger charge is 2.40. The van der Waals surface area contributed by atoms with Gasteiger partial charge in [-0.1, -0.05) is 17.7 Å². The van der Waals surface area contributed by atoms with Crippen molar-refractivity contribution in [1.29, 1.82) is 0 Å². The van der Waals surface area contributed by atoms with Crippen LogP contribution in [0.25, 0.3) is 0 Å². The molecular weight excluding hydrogens is 362 g/mol. The lowest BCUT2D eigenvalue weighted by molar-refractivity contribution is -0.140. The van der Waals surface area contributed by atoms with E-state index >= 15 is 0 Å². The van der Waals surface area contributed by atoms with E-state index < -0.39 is 0 Å². The lowest BCUT2D eigenvalue weighted by atomic mass is 9.72. The van der Waals surface area contributed by atoms with Crippen molar-refractivity contribution in [3.05, 3.63) is 47.5 Å². The van der Waals surface area contributed by atoms with Crippen molar-refractivity contribution in [1.82, 2.24) is 24.6 Å². The Morgan fingerprint density at radius 3 is 2.70 bits per heavy atom. The first kappa shape index (κ1) is 18.4. The molecule has 2 aliphatic heterocycles. The van der Waals surface area contributed by atoms with Crippen LogP contribution in [0.1, 0.15) is 31.4 Å². The Morgan fingerprint density at radius 1 is 1.15 bits per heavy atom. The zero-order valence-corrected chi connectivity index (χ0v) is 16.3. The van der Waals surface area contributed by atoms with Crippen molar-refractivity contribution in [2.75, 3.05) is 26.2 Å². The molecule has 0 aromatic carbocycles. The second-order valence-corrected chi connectivity index (χ2v) is 8.27. The Kier molecular flexibility index (Phi) is 5.45. The molecule has 1 spiro atoms. The zero-order chi connectivity index (χ0) is 18.7. The molecule has 27 heavy (non-hydrogen) atoms. The van der Waals surface area contributed by atoms with Crippen molar-refractivity contribution >= 4 is 17.5 Å². The van der Waals surface area contributed by atoms with Crippen LogP contribution in [0.15, 0.2) is 36.8 Å². The monoisotopic (exact) mass is 387 g/mol. The van der Waals surface area contributed by atoms with Crippen LogP contribution in [0, 0.1) is 5.41 Å². The van der Waals surface area contributed by atoms with Crippen molar-refractivity contribution in [2.45, 2.75) is 38.8 Å². The highest BCUT2D eigenvalue weighted by molar-refractivity contribution is 6.30. The maximum atomic E-state index is 12.4. The summed E-state index contributed by atoms with van der Waals surface area (Å²) in [6.07, 6.45) is 9.34. The predicted molar refractivity (Wildman–Crippen MR) is 104 cm³/mol. The van der Waals surface area contributed by atoms with Crippen LogP contribution < -0.4 is 0 Å². The summed E-state index contributed by atoms with van der Waals surface area (Å²) in [4.78, 5) is 21.3. The normalized spacial score (nSPS) is 20.3. The van der Waals surface area contributed by atoms with Crippen LogP contribution in [0.5, 0.6) is 0 Å². The fraction of sp³-hybridized carbons (Fsp3) is 0.550. The standard InChI is InChI=1S/C20H26ClN5O/c21-17-13-23-26(14-17)12-11-24-9-6-20(7-10-24)5-4-19(27)25(16-20)15-18-3-1-2-8-22-18/h1-3,8,13-14H,4-7,9-12,15-16H2. The molecule has 0 radical (unpaired) electrons. The molecular formula is C20H26ClN5O. The molecule has 7 heteroatoms. The molecule has 0 atom stereocenters. The van der Waals surface area contributed by atoms with E-state index in [-0.39, 0.29) is 11.3 Å². The summed E-state index contributed by atoms with van der Waals surface area (Å²) in [7, 11) is 0. The average molecular weight is 388 g/mol. The summed E-state index contributed by atoms with van der Waals surface area (Å²) >= 11 is 5.93. The van der Waals surface area contributed by atoms with Gasteiger partial charge in [-0.3, -0.25) is 14.5 Å². The quantitative estimate of drug-likeness (QED) is 0.791. The predicted octanol–water partition coefficient (Wildman–Crippen LogP) is 2.84. The van der Waals surface area contributed by atoms with E-state index in [9.17, 15) is 4.79 Å². The molecule has 2 fully saturated rings. The molecule has 6 nitrogen and oxygen atoms in total. The molecule has 2 aromatic rings. The minimum absolute atomic E-state index is 0.268. The number of nitrogens with zero attached hydrogens (tertiary/aromatic N) is 5. The summed E-state index contributed by atoms with van der Waals surface area (Å²) < 4.78 is 1.90. The van der Waals surface area contributed by atoms with Crippen molar-refractivity contribution in [2.24, 2.45) is 5.41 Å². The maximum Gasteiger partial charge on any atom is 0.222 e. The van der Waals surface area contributed by atoms with Crippen LogP contribution in [0.2, 0.25) is 5.02 Å². The van der Waals surface area contributed by atoms with E-state index in [4.69, 9.17) is 11.6 Å². The topological polar surface area (TPSA) is 54.3 Å². The number of hydrogen-bond donors (Lipinski definition) is 0. The average Bonchev–Trinajstić information content (AvgIpc) is 3.11. The molecule has 2 aromatic heterocycles. The Bertz CT molecular complexity index is 770. The van der Waals surface area contributed by atoms with Gasteiger partial charge in [-0.25, -0.2) is 0 Å². The molecule has 0 saturated carbocycles. The number of hydrogen-bond acceptors (Lipinski definition) is 4. The fourth-order valence-electron chi connectivity index (χ4n) is 4.30. The third-order valence-corrected chi connectivity index (χ3v) is 6.19. The molecule has 0 N–H and O–H groups in total. The van der Waals surface area contributed by atoms with Gasteiger partial charge in [0.2, 0.25) is 5.91 Å². The Labute approximate surface area is 165 Å². The van der Waals surface area contributed by atoms with Gasteiger partial charge >= 0.3 is 0 Å². The summed E-state index contributed by atoms with van der Waals surface area (Å²) in [6.45, 7) is 5.52. The lowest BCUT2D eigenvalue weighted by Crippen LogP contribution is -2.51. The summed E-state index contributed by atoms with van der Waals surface area (Å²) in [5.41, 5.74) is 1.24. The van der Waals surface area contributed by atoms with Crippen LogP contribution in [0.3, 0.4) is 0 Å². The molecule has 0 aliphatic carbocycles. The number of amides is 1. The summed E-state index contributed by atoms with van der Waals surface area (Å²) in [5.74, 6) is 0.268. The zero-order valence-electron chi connectivity index (χ0n) is 15.6. The Balaban J connectivity index is 1.31. The van der Waals surface area contributed by atoms with Gasteiger partial charge in [0, 0.05) is 31.9 Å². The van der Waals surface area contributed by atoms with E-state index in [1.54, 1.807) is 12.4 Å².